The van der Waals surface area contributed by atoms with E-state index in [-0.39, 0.29) is 17.3 Å². The van der Waals surface area contributed by atoms with Crippen LogP contribution in [0.5, 0.6) is 0 Å². The lowest BCUT2D eigenvalue weighted by atomic mass is 9.98. The molecule has 0 radical (unpaired) electrons. The minimum Gasteiger partial charge on any atom is -0.317 e. The topological polar surface area (TPSA) is 58.1 Å². The fraction of sp³-hybridized carbons (Fsp3) is 0.389. The number of hydrogen-bond acceptors (Lipinski definition) is 7. The molecule has 0 aliphatic carbocycles. The van der Waals surface area contributed by atoms with Crippen molar-refractivity contribution in [3.8, 4) is 10.6 Å². The molecule has 2 atom stereocenters. The van der Waals surface area contributed by atoms with Gasteiger partial charge in [0.15, 0.2) is 0 Å². The fourth-order valence-corrected chi connectivity index (χ4v) is 6.55. The van der Waals surface area contributed by atoms with E-state index in [2.05, 4.69) is 29.0 Å². The zero-order chi connectivity index (χ0) is 18.4. The molecule has 0 saturated heterocycles. The van der Waals surface area contributed by atoms with Gasteiger partial charge < -0.3 is 5.32 Å². The molecule has 0 bridgehead atoms. The Labute approximate surface area is 165 Å². The first kappa shape index (κ1) is 17.9. The summed E-state index contributed by atoms with van der Waals surface area (Å²) >= 11 is 8.14. The van der Waals surface area contributed by atoms with Gasteiger partial charge in [0.2, 0.25) is 5.91 Å². The number of amides is 1. The van der Waals surface area contributed by atoms with Crippen molar-refractivity contribution in [2.24, 2.45) is 0 Å². The first-order valence-corrected chi connectivity index (χ1v) is 10.7. The molecule has 0 spiro atoms. The molecular formula is C18H20N4OS3. The minimum atomic E-state index is -0.0601. The van der Waals surface area contributed by atoms with E-state index >= 15 is 0 Å². The van der Waals surface area contributed by atoms with E-state index < -0.39 is 0 Å². The Morgan fingerprint density at radius 2 is 2.27 bits per heavy atom. The molecule has 8 heteroatoms. The molecule has 1 unspecified atom stereocenters. The van der Waals surface area contributed by atoms with Crippen molar-refractivity contribution in [1.29, 1.82) is 0 Å². The highest BCUT2D eigenvalue weighted by Gasteiger charge is 2.35. The number of pyridine rings is 1. The van der Waals surface area contributed by atoms with Crippen LogP contribution in [-0.2, 0) is 11.2 Å². The number of anilines is 1. The maximum Gasteiger partial charge on any atom is 0.221 e. The molecule has 3 aromatic heterocycles. The predicted molar refractivity (Wildman–Crippen MR) is 112 cm³/mol. The van der Waals surface area contributed by atoms with Gasteiger partial charge in [0.25, 0.3) is 0 Å². The Bertz CT molecular complexity index is 947. The zero-order valence-corrected chi connectivity index (χ0v) is 17.3. The van der Waals surface area contributed by atoms with Crippen LogP contribution in [0.15, 0.2) is 18.5 Å². The molecule has 3 aromatic rings. The van der Waals surface area contributed by atoms with Crippen molar-refractivity contribution in [3.63, 3.8) is 0 Å². The van der Waals surface area contributed by atoms with Crippen LogP contribution in [0.25, 0.3) is 20.8 Å². The zero-order valence-electron chi connectivity index (χ0n) is 14.8. The number of thiophene rings is 1. The average molecular weight is 405 g/mol. The summed E-state index contributed by atoms with van der Waals surface area (Å²) in [5.74, 6) is -0.0601. The number of nitrogens with zero attached hydrogens (tertiary/aromatic N) is 3. The van der Waals surface area contributed by atoms with E-state index in [1.54, 1.807) is 42.0 Å². The second-order valence-corrected chi connectivity index (χ2v) is 9.06. The van der Waals surface area contributed by atoms with Crippen molar-refractivity contribution >= 4 is 56.4 Å². The molecule has 1 aliphatic heterocycles. The number of likely N-dealkylation sites (N-methyl/N-ethyl adjacent to an activating group) is 1. The van der Waals surface area contributed by atoms with E-state index in [0.29, 0.717) is 0 Å². The van der Waals surface area contributed by atoms with Crippen LogP contribution in [0.1, 0.15) is 37.3 Å². The predicted octanol–water partition coefficient (Wildman–Crippen LogP) is 4.57. The molecule has 0 fully saturated rings. The highest BCUT2D eigenvalue weighted by atomic mass is 32.1. The molecule has 0 aromatic carbocycles. The van der Waals surface area contributed by atoms with Gasteiger partial charge in [-0.15, -0.1) is 22.7 Å². The van der Waals surface area contributed by atoms with Gasteiger partial charge in [-0.2, -0.15) is 12.6 Å². The van der Waals surface area contributed by atoms with Gasteiger partial charge in [-0.05, 0) is 31.5 Å². The molecule has 1 N–H and O–H groups in total. The number of nitrogens with one attached hydrogen (secondary N) is 1. The molecular weight excluding hydrogens is 384 g/mol. The second-order valence-electron chi connectivity index (χ2n) is 6.38. The highest BCUT2D eigenvalue weighted by Crippen LogP contribution is 2.49. The van der Waals surface area contributed by atoms with Crippen molar-refractivity contribution in [1.82, 2.24) is 14.9 Å². The molecule has 5 nitrogen and oxygen atoms in total. The van der Waals surface area contributed by atoms with Crippen LogP contribution in [0.4, 0.5) is 5.00 Å². The molecule has 4 heterocycles. The number of rotatable bonds is 3. The summed E-state index contributed by atoms with van der Waals surface area (Å²) < 4.78 is 1.10. The Kier molecular flexibility index (Phi) is 4.77. The number of fused-ring (bicyclic) bond motifs is 2. The van der Waals surface area contributed by atoms with Gasteiger partial charge in [0, 0.05) is 29.6 Å². The number of thiazole rings is 1. The molecule has 26 heavy (non-hydrogen) atoms. The van der Waals surface area contributed by atoms with Crippen LogP contribution in [0.3, 0.4) is 0 Å². The fourth-order valence-electron chi connectivity index (χ4n) is 3.58. The van der Waals surface area contributed by atoms with Crippen LogP contribution in [0.2, 0.25) is 0 Å². The van der Waals surface area contributed by atoms with Gasteiger partial charge in [0.05, 0.1) is 16.3 Å². The normalized spacial score (nSPS) is 20.3. The highest BCUT2D eigenvalue weighted by molar-refractivity contribution is 7.80. The smallest absolute Gasteiger partial charge is 0.221 e. The van der Waals surface area contributed by atoms with Gasteiger partial charge in [-0.25, -0.2) is 4.98 Å². The number of carbonyl (C=O) groups is 1. The Hall–Kier alpha value is -1.48. The number of carbonyl (C=O) groups excluding carboxylic acids is 1. The minimum absolute atomic E-state index is 0.0601. The van der Waals surface area contributed by atoms with E-state index in [4.69, 9.17) is 17.6 Å². The number of hydrogen-bond donors (Lipinski definition) is 2. The maximum atomic E-state index is 11.8. The summed E-state index contributed by atoms with van der Waals surface area (Å²) in [5, 5.41) is 5.02. The lowest BCUT2D eigenvalue weighted by Gasteiger charge is -2.37. The van der Waals surface area contributed by atoms with Crippen LogP contribution in [-0.4, -0.2) is 32.7 Å². The first-order chi connectivity index (χ1) is 12.5. The summed E-state index contributed by atoms with van der Waals surface area (Å²) in [6.07, 6.45) is 4.42. The lowest BCUT2D eigenvalue weighted by molar-refractivity contribution is -0.114. The summed E-state index contributed by atoms with van der Waals surface area (Å²) in [7, 11) is 0. The molecule has 4 rings (SSSR count). The van der Waals surface area contributed by atoms with Crippen molar-refractivity contribution in [2.45, 2.75) is 38.6 Å². The van der Waals surface area contributed by atoms with Crippen LogP contribution < -0.4 is 5.32 Å². The molecule has 1 amide bonds. The number of aromatic nitrogens is 2. The maximum absolute atomic E-state index is 11.8. The standard InChI is InChI=1S/C18H20N4OS3/c1-4-22-9(2)16-11(7-14(22)24)15(17(26-16)20-10(3)23)18-21-12-8-19-6-5-13(12)25-18/h5-6,8-9,14,24H,4,7H2,1-3H3,(H,20,23)/t9-,14?/m1/s1. The largest absolute Gasteiger partial charge is 0.317 e. The van der Waals surface area contributed by atoms with Crippen molar-refractivity contribution in [3.05, 3.63) is 28.9 Å². The van der Waals surface area contributed by atoms with E-state index in [9.17, 15) is 4.79 Å². The Morgan fingerprint density at radius 3 is 2.96 bits per heavy atom. The summed E-state index contributed by atoms with van der Waals surface area (Å²) in [6, 6.07) is 2.25. The lowest BCUT2D eigenvalue weighted by Crippen LogP contribution is -2.38. The SMILES string of the molecule is CCN1C(S)Cc2c(sc(NC(C)=O)c2-c2nc3cnccc3s2)[C@H]1C. The first-order valence-electron chi connectivity index (χ1n) is 8.57. The van der Waals surface area contributed by atoms with Gasteiger partial charge in [-0.3, -0.25) is 14.7 Å². The van der Waals surface area contributed by atoms with Crippen molar-refractivity contribution < 1.29 is 4.79 Å². The Morgan fingerprint density at radius 1 is 1.46 bits per heavy atom. The second kappa shape index (κ2) is 6.92. The van der Waals surface area contributed by atoms with Gasteiger partial charge in [0.1, 0.15) is 15.5 Å². The summed E-state index contributed by atoms with van der Waals surface area (Å²) in [6.45, 7) is 6.87. The number of thiol groups is 1. The quantitative estimate of drug-likeness (QED) is 0.628. The van der Waals surface area contributed by atoms with E-state index in [1.807, 2.05) is 6.07 Å². The summed E-state index contributed by atoms with van der Waals surface area (Å²) in [5.41, 5.74) is 3.22. The monoisotopic (exact) mass is 404 g/mol. The molecule has 0 saturated carbocycles. The van der Waals surface area contributed by atoms with Gasteiger partial charge in [-0.1, -0.05) is 6.92 Å². The third-order valence-electron chi connectivity index (χ3n) is 4.74. The van der Waals surface area contributed by atoms with Crippen molar-refractivity contribution in [2.75, 3.05) is 11.9 Å². The average Bonchev–Trinajstić information content (AvgIpc) is 3.15. The van der Waals surface area contributed by atoms with Crippen LogP contribution >= 0.6 is 35.3 Å². The van der Waals surface area contributed by atoms with E-state index in [0.717, 1.165) is 38.8 Å². The van der Waals surface area contributed by atoms with Gasteiger partial charge >= 0.3 is 0 Å². The van der Waals surface area contributed by atoms with E-state index in [1.165, 1.54) is 10.4 Å². The molecule has 136 valence electrons. The summed E-state index contributed by atoms with van der Waals surface area (Å²) in [4.78, 5) is 24.4. The third kappa shape index (κ3) is 2.94. The third-order valence-corrected chi connectivity index (χ3v) is 7.59. The molecule has 1 aliphatic rings. The van der Waals surface area contributed by atoms with Crippen LogP contribution in [0, 0.1) is 0 Å². The Balaban J connectivity index is 1.91.